The van der Waals surface area contributed by atoms with E-state index in [-0.39, 0.29) is 5.97 Å². The van der Waals surface area contributed by atoms with Crippen molar-refractivity contribution in [1.29, 1.82) is 0 Å². The lowest BCUT2D eigenvalue weighted by Crippen LogP contribution is -2.33. The second-order valence-corrected chi connectivity index (χ2v) is 7.99. The van der Waals surface area contributed by atoms with Gasteiger partial charge in [0.1, 0.15) is 11.5 Å². The van der Waals surface area contributed by atoms with Crippen molar-refractivity contribution < 1.29 is 14.3 Å². The summed E-state index contributed by atoms with van der Waals surface area (Å²) in [5.74, 6) is 1.00. The number of carbonyl (C=O) groups excluding carboxylic acids is 1. The zero-order valence-electron chi connectivity index (χ0n) is 16.5. The average molecular weight is 406 g/mol. The molecular weight excluding hydrogens is 386 g/mol. The van der Waals surface area contributed by atoms with Crippen LogP contribution >= 0.6 is 11.6 Å². The first-order chi connectivity index (χ1) is 14.0. The maximum Gasteiger partial charge on any atom is 0.340 e. The number of carbonyl (C=O) groups is 1. The summed E-state index contributed by atoms with van der Waals surface area (Å²) >= 11 is 6.58. The van der Waals surface area contributed by atoms with Crippen LogP contribution in [0.25, 0.3) is 0 Å². The van der Waals surface area contributed by atoms with Gasteiger partial charge in [-0.3, -0.25) is 0 Å². The minimum absolute atomic E-state index is 0.341. The molecule has 1 atom stereocenters. The summed E-state index contributed by atoms with van der Waals surface area (Å²) in [4.78, 5) is 14.9. The Balaban J connectivity index is 1.86. The van der Waals surface area contributed by atoms with E-state index in [1.807, 2.05) is 67.5 Å². The molecule has 0 saturated heterocycles. The second kappa shape index (κ2) is 6.26. The molecule has 0 aromatic heterocycles. The SMILES string of the molecule is CCc1cc2c(cc1Cl)C1(OC(=O)c3ccccc31)c1ccc(N(C)C)cc1O2. The highest BCUT2D eigenvalue weighted by Crippen LogP contribution is 2.57. The van der Waals surface area contributed by atoms with E-state index in [1.165, 1.54) is 0 Å². The lowest BCUT2D eigenvalue weighted by Gasteiger charge is -2.37. The molecule has 29 heavy (non-hydrogen) atoms. The highest BCUT2D eigenvalue weighted by atomic mass is 35.5. The number of hydrogen-bond acceptors (Lipinski definition) is 4. The minimum Gasteiger partial charge on any atom is -0.456 e. The van der Waals surface area contributed by atoms with Crippen molar-refractivity contribution in [2.24, 2.45) is 0 Å². The van der Waals surface area contributed by atoms with Gasteiger partial charge in [-0.05, 0) is 42.3 Å². The van der Waals surface area contributed by atoms with Gasteiger partial charge in [-0.15, -0.1) is 0 Å². The fourth-order valence-corrected chi connectivity index (χ4v) is 4.57. The fraction of sp³-hybridized carbons (Fsp3) is 0.208. The van der Waals surface area contributed by atoms with Crippen LogP contribution in [0.5, 0.6) is 11.5 Å². The Labute approximate surface area is 174 Å². The van der Waals surface area contributed by atoms with Crippen LogP contribution in [0.4, 0.5) is 5.69 Å². The first-order valence-corrected chi connectivity index (χ1v) is 9.99. The van der Waals surface area contributed by atoms with Gasteiger partial charge in [-0.2, -0.15) is 0 Å². The van der Waals surface area contributed by atoms with Crippen LogP contribution in [0.2, 0.25) is 5.02 Å². The number of esters is 1. The Hall–Kier alpha value is -2.98. The van der Waals surface area contributed by atoms with Crippen LogP contribution in [0.3, 0.4) is 0 Å². The third kappa shape index (κ3) is 2.42. The summed E-state index contributed by atoms with van der Waals surface area (Å²) in [7, 11) is 3.96. The number of hydrogen-bond donors (Lipinski definition) is 0. The van der Waals surface area contributed by atoms with E-state index in [0.29, 0.717) is 22.1 Å². The molecule has 0 fully saturated rings. The molecule has 4 nitrogen and oxygen atoms in total. The highest BCUT2D eigenvalue weighted by Gasteiger charge is 2.53. The molecule has 5 heteroatoms. The molecule has 1 spiro atoms. The van der Waals surface area contributed by atoms with Gasteiger partial charge in [0.2, 0.25) is 0 Å². The lowest BCUT2D eigenvalue weighted by molar-refractivity contribution is 0.0224. The van der Waals surface area contributed by atoms with Crippen molar-refractivity contribution in [3.63, 3.8) is 0 Å². The van der Waals surface area contributed by atoms with Gasteiger partial charge in [0.15, 0.2) is 5.60 Å². The quantitative estimate of drug-likeness (QED) is 0.525. The van der Waals surface area contributed by atoms with Crippen LogP contribution in [0.15, 0.2) is 54.6 Å². The van der Waals surface area contributed by atoms with Gasteiger partial charge in [0.05, 0.1) is 5.56 Å². The monoisotopic (exact) mass is 405 g/mol. The molecule has 0 amide bonds. The molecule has 3 aromatic carbocycles. The molecule has 3 aromatic rings. The Bertz CT molecular complexity index is 1170. The molecule has 0 N–H and O–H groups in total. The van der Waals surface area contributed by atoms with Gasteiger partial charge >= 0.3 is 5.97 Å². The maximum absolute atomic E-state index is 12.8. The first kappa shape index (κ1) is 18.1. The predicted molar refractivity (Wildman–Crippen MR) is 113 cm³/mol. The van der Waals surface area contributed by atoms with Crippen molar-refractivity contribution in [3.8, 4) is 11.5 Å². The molecule has 146 valence electrons. The van der Waals surface area contributed by atoms with Gasteiger partial charge in [0.25, 0.3) is 0 Å². The van der Waals surface area contributed by atoms with Crippen LogP contribution in [-0.4, -0.2) is 20.1 Å². The van der Waals surface area contributed by atoms with Crippen molar-refractivity contribution in [3.05, 3.63) is 87.4 Å². The molecular formula is C24H20ClNO3. The number of aryl methyl sites for hydroxylation is 1. The van der Waals surface area contributed by atoms with E-state index in [1.54, 1.807) is 6.07 Å². The van der Waals surface area contributed by atoms with E-state index in [0.717, 1.165) is 34.4 Å². The zero-order valence-corrected chi connectivity index (χ0v) is 17.2. The fourth-order valence-electron chi connectivity index (χ4n) is 4.27. The number of nitrogens with zero attached hydrogens (tertiary/aromatic N) is 1. The van der Waals surface area contributed by atoms with Crippen LogP contribution in [0, 0.1) is 0 Å². The third-order valence-corrected chi connectivity index (χ3v) is 6.11. The molecule has 0 bridgehead atoms. The summed E-state index contributed by atoms with van der Waals surface area (Å²) in [5.41, 5.74) is 3.86. The van der Waals surface area contributed by atoms with Gasteiger partial charge in [-0.25, -0.2) is 4.79 Å². The third-order valence-electron chi connectivity index (χ3n) is 5.76. The zero-order chi connectivity index (χ0) is 20.3. The smallest absolute Gasteiger partial charge is 0.340 e. The van der Waals surface area contributed by atoms with E-state index in [9.17, 15) is 4.79 Å². The summed E-state index contributed by atoms with van der Waals surface area (Å²) in [6.45, 7) is 2.05. The Kier molecular flexibility index (Phi) is 3.90. The van der Waals surface area contributed by atoms with Crippen molar-refractivity contribution >= 4 is 23.3 Å². The van der Waals surface area contributed by atoms with Crippen LogP contribution < -0.4 is 9.64 Å². The molecule has 2 aliphatic heterocycles. The van der Waals surface area contributed by atoms with Crippen molar-refractivity contribution in [1.82, 2.24) is 0 Å². The molecule has 0 saturated carbocycles. The number of anilines is 1. The largest absolute Gasteiger partial charge is 0.456 e. The molecule has 2 aliphatic rings. The number of halogens is 1. The van der Waals surface area contributed by atoms with E-state index in [4.69, 9.17) is 21.1 Å². The molecule has 5 rings (SSSR count). The van der Waals surface area contributed by atoms with Gasteiger partial charge in [0, 0.05) is 47.6 Å². The Morgan fingerprint density at radius 3 is 2.48 bits per heavy atom. The topological polar surface area (TPSA) is 38.8 Å². The normalized spacial score (nSPS) is 18.6. The number of benzene rings is 3. The predicted octanol–water partition coefficient (Wildman–Crippen LogP) is 5.54. The summed E-state index contributed by atoms with van der Waals surface area (Å²) in [6, 6.07) is 17.3. The number of fused-ring (bicyclic) bond motifs is 6. The highest BCUT2D eigenvalue weighted by molar-refractivity contribution is 6.31. The Morgan fingerprint density at radius 2 is 1.72 bits per heavy atom. The van der Waals surface area contributed by atoms with Crippen molar-refractivity contribution in [2.75, 3.05) is 19.0 Å². The van der Waals surface area contributed by atoms with Crippen LogP contribution in [-0.2, 0) is 16.8 Å². The summed E-state index contributed by atoms with van der Waals surface area (Å²) in [5, 5.41) is 0.642. The van der Waals surface area contributed by atoms with E-state index >= 15 is 0 Å². The van der Waals surface area contributed by atoms with Gasteiger partial charge in [-0.1, -0.05) is 36.7 Å². The molecule has 2 heterocycles. The standard InChI is InChI=1S/C24H20ClNO3/c1-4-14-11-21-19(13-20(14)25)24(17-8-6-5-7-16(17)23(27)29-24)18-10-9-15(26(2)3)12-22(18)28-21/h5-13H,4H2,1-3H3. The number of rotatable bonds is 2. The Morgan fingerprint density at radius 1 is 0.966 bits per heavy atom. The second-order valence-electron chi connectivity index (χ2n) is 7.59. The molecule has 0 aliphatic carbocycles. The van der Waals surface area contributed by atoms with Crippen molar-refractivity contribution in [2.45, 2.75) is 18.9 Å². The first-order valence-electron chi connectivity index (χ1n) is 9.61. The molecule has 0 radical (unpaired) electrons. The van der Waals surface area contributed by atoms with E-state index < -0.39 is 5.60 Å². The average Bonchev–Trinajstić information content (AvgIpc) is 3.01. The molecule has 1 unspecified atom stereocenters. The van der Waals surface area contributed by atoms with Gasteiger partial charge < -0.3 is 14.4 Å². The summed E-state index contributed by atoms with van der Waals surface area (Å²) in [6.07, 6.45) is 0.781. The number of ether oxygens (including phenoxy) is 2. The maximum atomic E-state index is 12.8. The lowest BCUT2D eigenvalue weighted by atomic mass is 9.77. The van der Waals surface area contributed by atoms with Crippen LogP contribution in [0.1, 0.15) is 39.5 Å². The van der Waals surface area contributed by atoms with E-state index in [2.05, 4.69) is 6.92 Å². The minimum atomic E-state index is -1.07. The summed E-state index contributed by atoms with van der Waals surface area (Å²) < 4.78 is 12.5.